The van der Waals surface area contributed by atoms with Crippen molar-refractivity contribution in [2.24, 2.45) is 28.6 Å². The average molecular weight is 515 g/mol. The second-order valence-corrected chi connectivity index (χ2v) is 11.9. The Kier molecular flexibility index (Phi) is 6.40. The highest BCUT2D eigenvalue weighted by Crippen LogP contribution is 2.72. The Hall–Kier alpha value is -1.24. The zero-order valence-electron chi connectivity index (χ0n) is 20.1. The number of alkyl halides is 2. The SMILES string of the molecule is CCCC(=O)O[C@]1(C(=O)CCl)[C@H](C)C[C@H]2[C@@H]3CCC4=C(F)C(=O)C=C[C@]4(C)[C@@]3(Cl)[C@@H](O)C[C@@]21C. The van der Waals surface area contributed by atoms with Crippen LogP contribution in [0.3, 0.4) is 0 Å². The van der Waals surface area contributed by atoms with Crippen LogP contribution in [0.5, 0.6) is 0 Å². The fourth-order valence-electron chi connectivity index (χ4n) is 8.01. The van der Waals surface area contributed by atoms with E-state index in [1.807, 2.05) is 20.8 Å². The van der Waals surface area contributed by atoms with Gasteiger partial charge >= 0.3 is 5.97 Å². The van der Waals surface area contributed by atoms with Gasteiger partial charge in [-0.25, -0.2) is 4.39 Å². The summed E-state index contributed by atoms with van der Waals surface area (Å²) in [5, 5.41) is 11.7. The van der Waals surface area contributed by atoms with Crippen molar-refractivity contribution in [2.45, 2.75) is 82.8 Å². The van der Waals surface area contributed by atoms with E-state index >= 15 is 0 Å². The summed E-state index contributed by atoms with van der Waals surface area (Å²) in [6, 6.07) is 0. The van der Waals surface area contributed by atoms with Gasteiger partial charge in [0.1, 0.15) is 0 Å². The first-order valence-electron chi connectivity index (χ1n) is 12.2. The fourth-order valence-corrected chi connectivity index (χ4v) is 8.73. The minimum Gasteiger partial charge on any atom is -0.450 e. The van der Waals surface area contributed by atoms with E-state index in [0.29, 0.717) is 31.3 Å². The number of fused-ring (bicyclic) bond motifs is 5. The molecule has 3 fully saturated rings. The third-order valence-electron chi connectivity index (χ3n) is 9.54. The van der Waals surface area contributed by atoms with Crippen molar-refractivity contribution in [1.82, 2.24) is 0 Å². The number of rotatable bonds is 5. The highest BCUT2D eigenvalue weighted by molar-refractivity contribution is 6.29. The van der Waals surface area contributed by atoms with Gasteiger partial charge in [0, 0.05) is 23.2 Å². The molecule has 0 amide bonds. The lowest BCUT2D eigenvalue weighted by Gasteiger charge is -2.64. The quantitative estimate of drug-likeness (QED) is 0.409. The summed E-state index contributed by atoms with van der Waals surface area (Å²) in [7, 11) is 0. The van der Waals surface area contributed by atoms with Crippen LogP contribution in [-0.4, -0.2) is 45.1 Å². The molecule has 0 aromatic heterocycles. The highest BCUT2D eigenvalue weighted by Gasteiger charge is 2.76. The van der Waals surface area contributed by atoms with Gasteiger partial charge in [-0.15, -0.1) is 23.2 Å². The Balaban J connectivity index is 1.85. The molecule has 0 spiro atoms. The molecule has 8 heteroatoms. The molecule has 0 heterocycles. The molecule has 4 aliphatic carbocycles. The molecule has 4 aliphatic rings. The van der Waals surface area contributed by atoms with Crippen molar-refractivity contribution in [3.63, 3.8) is 0 Å². The molecule has 3 saturated carbocycles. The molecule has 34 heavy (non-hydrogen) atoms. The Morgan fingerprint density at radius 2 is 1.97 bits per heavy atom. The van der Waals surface area contributed by atoms with Gasteiger partial charge < -0.3 is 9.84 Å². The van der Waals surface area contributed by atoms with Crippen LogP contribution in [0.15, 0.2) is 23.6 Å². The summed E-state index contributed by atoms with van der Waals surface area (Å²) in [6.45, 7) is 7.44. The van der Waals surface area contributed by atoms with Crippen LogP contribution >= 0.6 is 23.2 Å². The lowest BCUT2D eigenvalue weighted by atomic mass is 9.45. The maximum absolute atomic E-state index is 14.9. The molecular formula is C26H33Cl2FO5. The van der Waals surface area contributed by atoms with E-state index in [9.17, 15) is 23.9 Å². The monoisotopic (exact) mass is 514 g/mol. The molecule has 0 aliphatic heterocycles. The molecule has 0 aromatic carbocycles. The third-order valence-corrected chi connectivity index (χ3v) is 10.7. The van der Waals surface area contributed by atoms with Crippen molar-refractivity contribution < 1.29 is 28.6 Å². The maximum Gasteiger partial charge on any atom is 0.306 e. The molecule has 188 valence electrons. The first-order chi connectivity index (χ1) is 15.8. The second kappa shape index (κ2) is 8.41. The first kappa shape index (κ1) is 25.8. The summed E-state index contributed by atoms with van der Waals surface area (Å²) in [5.41, 5.74) is -3.09. The predicted octanol–water partition coefficient (Wildman–Crippen LogP) is 5.06. The number of halogens is 3. The van der Waals surface area contributed by atoms with E-state index in [-0.39, 0.29) is 42.3 Å². The first-order valence-corrected chi connectivity index (χ1v) is 13.1. The van der Waals surface area contributed by atoms with E-state index in [0.717, 1.165) is 0 Å². The van der Waals surface area contributed by atoms with Gasteiger partial charge in [0.2, 0.25) is 5.78 Å². The highest BCUT2D eigenvalue weighted by atomic mass is 35.5. The van der Waals surface area contributed by atoms with Crippen LogP contribution in [0.25, 0.3) is 0 Å². The van der Waals surface area contributed by atoms with Gasteiger partial charge in [-0.05, 0) is 55.6 Å². The van der Waals surface area contributed by atoms with Gasteiger partial charge in [-0.1, -0.05) is 33.8 Å². The van der Waals surface area contributed by atoms with E-state index in [2.05, 4.69) is 0 Å². The number of aliphatic hydroxyl groups excluding tert-OH is 1. The largest absolute Gasteiger partial charge is 0.450 e. The minimum atomic E-state index is -1.47. The van der Waals surface area contributed by atoms with Crippen LogP contribution in [0.4, 0.5) is 4.39 Å². The summed E-state index contributed by atoms with van der Waals surface area (Å²) >= 11 is 13.4. The number of ketones is 2. The Bertz CT molecular complexity index is 994. The second-order valence-electron chi connectivity index (χ2n) is 11.0. The third kappa shape index (κ3) is 3.03. The van der Waals surface area contributed by atoms with Gasteiger partial charge in [0.25, 0.3) is 0 Å². The molecular weight excluding hydrogens is 482 g/mol. The molecule has 0 aromatic rings. The number of carbonyl (C=O) groups excluding carboxylic acids is 3. The van der Waals surface area contributed by atoms with Gasteiger partial charge in [0.15, 0.2) is 17.2 Å². The molecule has 4 rings (SSSR count). The smallest absolute Gasteiger partial charge is 0.306 e. The molecule has 0 unspecified atom stereocenters. The zero-order valence-corrected chi connectivity index (χ0v) is 21.6. The molecule has 5 nitrogen and oxygen atoms in total. The zero-order chi connectivity index (χ0) is 25.3. The van der Waals surface area contributed by atoms with Crippen LogP contribution in [-0.2, 0) is 19.1 Å². The number of Topliss-reactive ketones (excluding diaryl/α,β-unsaturated/α-hetero) is 1. The van der Waals surface area contributed by atoms with Crippen LogP contribution in [0, 0.1) is 28.6 Å². The van der Waals surface area contributed by atoms with Crippen molar-refractivity contribution in [2.75, 3.05) is 5.88 Å². The maximum atomic E-state index is 14.9. The Morgan fingerprint density at radius 1 is 1.29 bits per heavy atom. The van der Waals surface area contributed by atoms with Crippen molar-refractivity contribution >= 4 is 40.7 Å². The van der Waals surface area contributed by atoms with Crippen LogP contribution < -0.4 is 0 Å². The number of carbonyl (C=O) groups is 3. The van der Waals surface area contributed by atoms with Crippen molar-refractivity contribution in [3.05, 3.63) is 23.6 Å². The standard InChI is InChI=1S/C26H33Cl2FO5/c1-5-6-21(33)34-26(20(32)13-27)14(2)11-17-15-7-8-16-22(29)18(30)9-10-23(16,3)25(15,28)19(31)12-24(17,26)4/h9-10,14-15,17,19,31H,5-8,11-13H2,1-4H3/t14-,15+,17+,19+,23+,24+,25+,26+/m1/s1. The predicted molar refractivity (Wildman–Crippen MR) is 127 cm³/mol. The molecule has 0 saturated heterocycles. The van der Waals surface area contributed by atoms with E-state index in [1.165, 1.54) is 6.08 Å². The van der Waals surface area contributed by atoms with E-state index in [1.54, 1.807) is 13.0 Å². The molecule has 8 atom stereocenters. The van der Waals surface area contributed by atoms with E-state index < -0.39 is 45.0 Å². The summed E-state index contributed by atoms with van der Waals surface area (Å²) in [6.07, 6.45) is 3.91. The normalized spacial score (nSPS) is 45.5. The molecule has 0 radical (unpaired) electrons. The number of allylic oxidation sites excluding steroid dienone is 4. The number of hydrogen-bond donors (Lipinski definition) is 1. The van der Waals surface area contributed by atoms with Crippen LogP contribution in [0.1, 0.15) is 66.2 Å². The van der Waals surface area contributed by atoms with Gasteiger partial charge in [0.05, 0.1) is 16.9 Å². The van der Waals surface area contributed by atoms with Gasteiger partial charge in [-0.2, -0.15) is 0 Å². The van der Waals surface area contributed by atoms with Crippen molar-refractivity contribution in [1.29, 1.82) is 0 Å². The summed E-state index contributed by atoms with van der Waals surface area (Å²) in [5.74, 6) is -3.37. The Labute approximate surface area is 210 Å². The number of ether oxygens (including phenoxy) is 1. The lowest BCUT2D eigenvalue weighted by molar-refractivity contribution is -0.200. The summed E-state index contributed by atoms with van der Waals surface area (Å²) in [4.78, 5) is 36.9. The van der Waals surface area contributed by atoms with Crippen LogP contribution in [0.2, 0.25) is 0 Å². The van der Waals surface area contributed by atoms with E-state index in [4.69, 9.17) is 27.9 Å². The number of esters is 1. The van der Waals surface area contributed by atoms with Gasteiger partial charge in [-0.3, -0.25) is 14.4 Å². The summed E-state index contributed by atoms with van der Waals surface area (Å²) < 4.78 is 21.0. The van der Waals surface area contributed by atoms with Crippen molar-refractivity contribution in [3.8, 4) is 0 Å². The Morgan fingerprint density at radius 3 is 2.59 bits per heavy atom. The molecule has 1 N–H and O–H groups in total. The number of aliphatic hydroxyl groups is 1. The average Bonchev–Trinajstić information content (AvgIpc) is 2.99. The fraction of sp³-hybridized carbons (Fsp3) is 0.731. The topological polar surface area (TPSA) is 80.7 Å². The number of hydrogen-bond acceptors (Lipinski definition) is 5. The molecule has 0 bridgehead atoms. The minimum absolute atomic E-state index is 0.0936. The lowest BCUT2D eigenvalue weighted by Crippen LogP contribution is -2.69.